The molecule has 23 heavy (non-hydrogen) atoms. The second kappa shape index (κ2) is 8.43. The molecule has 0 fully saturated rings. The van der Waals surface area contributed by atoms with E-state index in [2.05, 4.69) is 40.6 Å². The van der Waals surface area contributed by atoms with Gasteiger partial charge in [0.2, 0.25) is 0 Å². The van der Waals surface area contributed by atoms with Crippen LogP contribution in [0.15, 0.2) is 28.8 Å². The van der Waals surface area contributed by atoms with Gasteiger partial charge < -0.3 is 27.1 Å². The van der Waals surface area contributed by atoms with Crippen molar-refractivity contribution in [2.24, 2.45) is 0 Å². The normalized spacial score (nSPS) is 9.91. The van der Waals surface area contributed by atoms with E-state index in [1.165, 1.54) is 0 Å². The summed E-state index contributed by atoms with van der Waals surface area (Å²) >= 11 is 0. The summed E-state index contributed by atoms with van der Waals surface area (Å²) < 4.78 is 4.91. The van der Waals surface area contributed by atoms with Crippen molar-refractivity contribution < 1.29 is 21.7 Å². The number of nitrogens with one attached hydrogen (secondary N) is 2. The zero-order valence-corrected chi connectivity index (χ0v) is 14.6. The summed E-state index contributed by atoms with van der Waals surface area (Å²) in [5.74, 6) is 1.04. The molecule has 1 aromatic heterocycles. The first-order valence-corrected chi connectivity index (χ1v) is 7.40. The van der Waals surface area contributed by atoms with Crippen molar-refractivity contribution in [3.63, 3.8) is 0 Å². The molecule has 0 unspecified atom stereocenters. The van der Waals surface area contributed by atoms with Gasteiger partial charge in [0.1, 0.15) is 5.76 Å². The number of nitrogens with zero attached hydrogens (tertiary/aromatic N) is 2. The fourth-order valence-corrected chi connectivity index (χ4v) is 2.27. The third kappa shape index (κ3) is 4.89. The number of amides is 2. The van der Waals surface area contributed by atoms with Crippen LogP contribution in [0.25, 0.3) is 0 Å². The lowest BCUT2D eigenvalue weighted by Crippen LogP contribution is -3.00. The molecule has 2 N–H and O–H groups in total. The maximum absolute atomic E-state index is 12.0. The van der Waals surface area contributed by atoms with Crippen LogP contribution in [0.5, 0.6) is 0 Å². The highest BCUT2D eigenvalue weighted by Gasteiger charge is 2.09. The highest BCUT2D eigenvalue weighted by molar-refractivity contribution is 5.99. The Morgan fingerprint density at radius 1 is 1.17 bits per heavy atom. The molecule has 0 aliphatic heterocycles. The predicted molar refractivity (Wildman–Crippen MR) is 88.6 cm³/mol. The van der Waals surface area contributed by atoms with Crippen molar-refractivity contribution in [1.82, 2.24) is 5.16 Å². The molecule has 1 heterocycles. The van der Waals surface area contributed by atoms with Gasteiger partial charge in [0.15, 0.2) is 5.82 Å². The van der Waals surface area contributed by atoms with Crippen LogP contribution >= 0.6 is 0 Å². The maximum atomic E-state index is 12.0. The van der Waals surface area contributed by atoms with Crippen molar-refractivity contribution in [1.29, 1.82) is 0 Å². The van der Waals surface area contributed by atoms with Crippen molar-refractivity contribution in [2.75, 3.05) is 28.6 Å². The fourth-order valence-electron chi connectivity index (χ4n) is 2.27. The summed E-state index contributed by atoms with van der Waals surface area (Å²) in [5, 5.41) is 9.18. The van der Waals surface area contributed by atoms with E-state index in [1.54, 1.807) is 13.0 Å². The van der Waals surface area contributed by atoms with Crippen LogP contribution in [0.3, 0.4) is 0 Å². The molecule has 0 aliphatic rings. The van der Waals surface area contributed by atoms with E-state index in [1.807, 2.05) is 19.1 Å². The van der Waals surface area contributed by atoms with E-state index in [4.69, 9.17) is 4.52 Å². The van der Waals surface area contributed by atoms with Gasteiger partial charge in [-0.3, -0.25) is 5.32 Å². The first kappa shape index (κ1) is 18.8. The van der Waals surface area contributed by atoms with Crippen molar-refractivity contribution in [3.05, 3.63) is 35.6 Å². The topological polar surface area (TPSA) is 70.4 Å². The fraction of sp³-hybridized carbons (Fsp3) is 0.375. The van der Waals surface area contributed by atoms with E-state index in [0.717, 1.165) is 30.0 Å². The monoisotopic (exact) mass is 337 g/mol. The zero-order chi connectivity index (χ0) is 16.1. The largest absolute Gasteiger partial charge is 1.00 e. The van der Waals surface area contributed by atoms with E-state index in [-0.39, 0.29) is 18.4 Å². The second-order valence-corrected chi connectivity index (χ2v) is 5.07. The number of aromatic nitrogens is 1. The number of hydrogen-bond acceptors (Lipinski definition) is 4. The molecule has 0 saturated carbocycles. The Labute approximate surface area is 142 Å². The Balaban J connectivity index is 0.00000264. The lowest BCUT2D eigenvalue weighted by molar-refractivity contribution is -0.00000813. The molecule has 0 saturated heterocycles. The van der Waals surface area contributed by atoms with E-state index in [0.29, 0.717) is 11.6 Å². The first-order valence-electron chi connectivity index (χ1n) is 7.40. The van der Waals surface area contributed by atoms with Gasteiger partial charge in [0.25, 0.3) is 0 Å². The molecule has 2 rings (SSSR count). The second-order valence-electron chi connectivity index (χ2n) is 5.07. The average Bonchev–Trinajstić information content (AvgIpc) is 2.88. The predicted octanol–water partition coefficient (Wildman–Crippen LogP) is 0.786. The van der Waals surface area contributed by atoms with Crippen LogP contribution in [-0.2, 0) is 0 Å². The van der Waals surface area contributed by atoms with Gasteiger partial charge in [-0.15, -0.1) is 0 Å². The van der Waals surface area contributed by atoms with Crippen LogP contribution in [0.1, 0.15) is 25.2 Å². The average molecular weight is 338 g/mol. The third-order valence-electron chi connectivity index (χ3n) is 3.46. The molecule has 2 aromatic rings. The van der Waals surface area contributed by atoms with Crippen LogP contribution in [0.2, 0.25) is 0 Å². The van der Waals surface area contributed by atoms with Crippen LogP contribution < -0.4 is 27.9 Å². The summed E-state index contributed by atoms with van der Waals surface area (Å²) in [6.45, 7) is 9.90. The molecule has 0 radical (unpaired) electrons. The third-order valence-corrected chi connectivity index (χ3v) is 3.46. The SMILES string of the molecule is CCN(CC)c1ccc(NC(=O)Nc2cc(C)on2)c(C)c1.[Cl-]. The lowest BCUT2D eigenvalue weighted by atomic mass is 10.1. The van der Waals surface area contributed by atoms with Gasteiger partial charge in [-0.05, 0) is 51.5 Å². The maximum Gasteiger partial charge on any atom is 0.324 e. The Bertz CT molecular complexity index is 653. The number of aryl methyl sites for hydroxylation is 2. The number of carbonyl (C=O) groups is 1. The molecule has 0 spiro atoms. The summed E-state index contributed by atoms with van der Waals surface area (Å²) in [6, 6.07) is 7.32. The highest BCUT2D eigenvalue weighted by atomic mass is 35.5. The van der Waals surface area contributed by atoms with E-state index < -0.39 is 0 Å². The van der Waals surface area contributed by atoms with Gasteiger partial charge in [0, 0.05) is 30.5 Å². The number of carbonyl (C=O) groups excluding carboxylic acids is 1. The van der Waals surface area contributed by atoms with Crippen LogP contribution in [-0.4, -0.2) is 24.3 Å². The van der Waals surface area contributed by atoms with Crippen LogP contribution in [0, 0.1) is 13.8 Å². The lowest BCUT2D eigenvalue weighted by Gasteiger charge is -2.22. The molecule has 2 amide bonds. The van der Waals surface area contributed by atoms with Crippen molar-refractivity contribution in [2.45, 2.75) is 27.7 Å². The molecule has 6 nitrogen and oxygen atoms in total. The van der Waals surface area contributed by atoms with Gasteiger partial charge in [-0.25, -0.2) is 4.79 Å². The summed E-state index contributed by atoms with van der Waals surface area (Å²) in [5.41, 5.74) is 2.94. The summed E-state index contributed by atoms with van der Waals surface area (Å²) in [7, 11) is 0. The minimum atomic E-state index is -0.341. The van der Waals surface area contributed by atoms with Gasteiger partial charge in [-0.2, -0.15) is 0 Å². The summed E-state index contributed by atoms with van der Waals surface area (Å²) in [6.07, 6.45) is 0. The van der Waals surface area contributed by atoms with Gasteiger partial charge in [-0.1, -0.05) is 5.16 Å². The molecule has 0 bridgehead atoms. The Hall–Kier alpha value is -2.21. The Morgan fingerprint density at radius 2 is 1.87 bits per heavy atom. The van der Waals surface area contributed by atoms with Gasteiger partial charge >= 0.3 is 6.03 Å². The van der Waals surface area contributed by atoms with Gasteiger partial charge in [0.05, 0.1) is 0 Å². The van der Waals surface area contributed by atoms with Crippen molar-refractivity contribution in [3.8, 4) is 0 Å². The number of rotatable bonds is 5. The first-order chi connectivity index (χ1) is 10.5. The van der Waals surface area contributed by atoms with E-state index in [9.17, 15) is 4.79 Å². The Kier molecular flexibility index (Phi) is 6.90. The highest BCUT2D eigenvalue weighted by Crippen LogP contribution is 2.22. The quantitative estimate of drug-likeness (QED) is 0.846. The Morgan fingerprint density at radius 3 is 2.39 bits per heavy atom. The van der Waals surface area contributed by atoms with Crippen molar-refractivity contribution >= 4 is 23.2 Å². The number of hydrogen-bond donors (Lipinski definition) is 2. The number of urea groups is 1. The smallest absolute Gasteiger partial charge is 0.324 e. The molecule has 126 valence electrons. The van der Waals surface area contributed by atoms with Crippen LogP contribution in [0.4, 0.5) is 22.0 Å². The molecular formula is C16H22ClN4O2-. The minimum Gasteiger partial charge on any atom is -1.00 e. The number of benzene rings is 1. The summed E-state index contributed by atoms with van der Waals surface area (Å²) in [4.78, 5) is 14.2. The standard InChI is InChI=1S/C16H22N4O2.ClH/c1-5-20(6-2)13-7-8-14(11(3)9-13)17-16(21)18-15-10-12(4)22-19-15;/h7-10H,5-6H2,1-4H3,(H2,17,18,19,21);1H/p-1. The molecule has 7 heteroatoms. The molecular weight excluding hydrogens is 316 g/mol. The number of halogens is 1. The molecule has 1 aromatic carbocycles. The number of anilines is 3. The zero-order valence-electron chi connectivity index (χ0n) is 13.8. The minimum absolute atomic E-state index is 0. The van der Waals surface area contributed by atoms with E-state index >= 15 is 0 Å². The molecule has 0 atom stereocenters. The molecule has 0 aliphatic carbocycles.